The van der Waals surface area contributed by atoms with Crippen molar-refractivity contribution in [2.24, 2.45) is 0 Å². The van der Waals surface area contributed by atoms with Crippen LogP contribution in [0.4, 0.5) is 5.82 Å². The fourth-order valence-corrected chi connectivity index (χ4v) is 1.88. The van der Waals surface area contributed by atoms with Crippen LogP contribution >= 0.6 is 11.8 Å². The second-order valence-electron chi connectivity index (χ2n) is 3.34. The molecule has 0 aliphatic carbocycles. The van der Waals surface area contributed by atoms with E-state index in [2.05, 4.69) is 15.5 Å². The third-order valence-corrected chi connectivity index (χ3v) is 2.79. The highest BCUT2D eigenvalue weighted by Gasteiger charge is 2.13. The predicted molar refractivity (Wildman–Crippen MR) is 65.2 cm³/mol. The number of hydrogen-bond donors (Lipinski definition) is 1. The van der Waals surface area contributed by atoms with Crippen LogP contribution in [-0.4, -0.2) is 22.3 Å². The fourth-order valence-electron chi connectivity index (χ4n) is 1.34. The van der Waals surface area contributed by atoms with Crippen LogP contribution in [0.2, 0.25) is 0 Å². The molecular formula is C11H11N3O2S. The second kappa shape index (κ2) is 5.01. The molecule has 0 aromatic carbocycles. The van der Waals surface area contributed by atoms with Crippen molar-refractivity contribution in [2.45, 2.75) is 11.9 Å². The van der Waals surface area contributed by atoms with Gasteiger partial charge in [0.2, 0.25) is 0 Å². The molecule has 0 bridgehead atoms. The first kappa shape index (κ1) is 11.7. The maximum absolute atomic E-state index is 12.0. The third kappa shape index (κ3) is 2.65. The largest absolute Gasteiger partial charge is 0.360 e. The number of amides is 1. The molecule has 0 aliphatic heterocycles. The average Bonchev–Trinajstić information content (AvgIpc) is 2.74. The molecule has 0 fully saturated rings. The Bertz CT molecular complexity index is 539. The standard InChI is InChI=1S/C11H11N3O2S/c1-7-6-9(14-16-7)13-10(15)8-4-3-5-12-11(8)17-2/h3-6H,1-2H3,(H,13,14,15). The predicted octanol–water partition coefficient (Wildman–Crippen LogP) is 2.35. The number of carbonyl (C=O) groups excluding carboxylic acids is 1. The van der Waals surface area contributed by atoms with E-state index in [4.69, 9.17) is 4.52 Å². The van der Waals surface area contributed by atoms with E-state index in [1.807, 2.05) is 6.26 Å². The Morgan fingerprint density at radius 1 is 1.53 bits per heavy atom. The van der Waals surface area contributed by atoms with Gasteiger partial charge in [0.1, 0.15) is 10.8 Å². The molecule has 0 spiro atoms. The Labute approximate surface area is 103 Å². The highest BCUT2D eigenvalue weighted by Crippen LogP contribution is 2.18. The van der Waals surface area contributed by atoms with Crippen LogP contribution < -0.4 is 5.32 Å². The molecule has 17 heavy (non-hydrogen) atoms. The van der Waals surface area contributed by atoms with Crippen molar-refractivity contribution < 1.29 is 9.32 Å². The molecule has 0 atom stereocenters. The lowest BCUT2D eigenvalue weighted by Gasteiger charge is -2.04. The smallest absolute Gasteiger partial charge is 0.259 e. The lowest BCUT2D eigenvalue weighted by molar-refractivity contribution is 0.102. The number of rotatable bonds is 3. The van der Waals surface area contributed by atoms with Crippen molar-refractivity contribution in [1.82, 2.24) is 10.1 Å². The topological polar surface area (TPSA) is 68.0 Å². The molecular weight excluding hydrogens is 238 g/mol. The first-order valence-corrected chi connectivity index (χ1v) is 6.17. The van der Waals surface area contributed by atoms with E-state index in [1.165, 1.54) is 11.8 Å². The zero-order valence-corrected chi connectivity index (χ0v) is 10.2. The normalized spacial score (nSPS) is 10.2. The van der Waals surface area contributed by atoms with Gasteiger partial charge < -0.3 is 9.84 Å². The SMILES string of the molecule is CSc1ncccc1C(=O)Nc1cc(C)on1. The Morgan fingerprint density at radius 3 is 3.00 bits per heavy atom. The van der Waals surface area contributed by atoms with Crippen LogP contribution in [0.1, 0.15) is 16.1 Å². The van der Waals surface area contributed by atoms with Gasteiger partial charge in [-0.05, 0) is 25.3 Å². The number of nitrogens with zero attached hydrogens (tertiary/aromatic N) is 2. The summed E-state index contributed by atoms with van der Waals surface area (Å²) in [6, 6.07) is 5.11. The van der Waals surface area contributed by atoms with Crippen molar-refractivity contribution in [3.8, 4) is 0 Å². The summed E-state index contributed by atoms with van der Waals surface area (Å²) in [6.45, 7) is 1.76. The molecule has 2 aromatic heterocycles. The Morgan fingerprint density at radius 2 is 2.35 bits per heavy atom. The quantitative estimate of drug-likeness (QED) is 0.846. The highest BCUT2D eigenvalue weighted by atomic mass is 32.2. The molecule has 0 saturated carbocycles. The van der Waals surface area contributed by atoms with E-state index >= 15 is 0 Å². The number of nitrogens with one attached hydrogen (secondary N) is 1. The minimum atomic E-state index is -0.240. The minimum Gasteiger partial charge on any atom is -0.360 e. The Balaban J connectivity index is 2.20. The fraction of sp³-hybridized carbons (Fsp3) is 0.182. The van der Waals surface area contributed by atoms with Crippen LogP contribution in [0.25, 0.3) is 0 Å². The van der Waals surface area contributed by atoms with E-state index in [9.17, 15) is 4.79 Å². The van der Waals surface area contributed by atoms with Gasteiger partial charge in [-0.15, -0.1) is 11.8 Å². The first-order chi connectivity index (χ1) is 8.20. The highest BCUT2D eigenvalue weighted by molar-refractivity contribution is 7.98. The van der Waals surface area contributed by atoms with Gasteiger partial charge in [0.15, 0.2) is 5.82 Å². The average molecular weight is 249 g/mol. The van der Waals surface area contributed by atoms with Crippen molar-refractivity contribution >= 4 is 23.5 Å². The van der Waals surface area contributed by atoms with Crippen LogP contribution in [0.15, 0.2) is 33.9 Å². The Hall–Kier alpha value is -1.82. The maximum atomic E-state index is 12.0. The minimum absolute atomic E-state index is 0.240. The number of anilines is 1. The molecule has 5 nitrogen and oxygen atoms in total. The molecule has 0 saturated heterocycles. The zero-order valence-electron chi connectivity index (χ0n) is 9.43. The first-order valence-electron chi connectivity index (χ1n) is 4.94. The molecule has 0 radical (unpaired) electrons. The van der Waals surface area contributed by atoms with Gasteiger partial charge in [-0.1, -0.05) is 5.16 Å². The summed E-state index contributed by atoms with van der Waals surface area (Å²) in [5.74, 6) is 0.815. The van der Waals surface area contributed by atoms with Crippen molar-refractivity contribution in [3.05, 3.63) is 35.7 Å². The summed E-state index contributed by atoms with van der Waals surface area (Å²) in [7, 11) is 0. The number of thioether (sulfide) groups is 1. The molecule has 1 amide bonds. The molecule has 88 valence electrons. The monoisotopic (exact) mass is 249 g/mol. The number of hydrogen-bond acceptors (Lipinski definition) is 5. The molecule has 2 rings (SSSR count). The molecule has 2 heterocycles. The zero-order chi connectivity index (χ0) is 12.3. The summed E-state index contributed by atoms with van der Waals surface area (Å²) in [5, 5.41) is 7.04. The summed E-state index contributed by atoms with van der Waals surface area (Å²) in [4.78, 5) is 16.1. The second-order valence-corrected chi connectivity index (χ2v) is 4.13. The van der Waals surface area contributed by atoms with Crippen molar-refractivity contribution in [1.29, 1.82) is 0 Å². The summed E-state index contributed by atoms with van der Waals surface area (Å²) >= 11 is 1.42. The van der Waals surface area contributed by atoms with Crippen molar-refractivity contribution in [2.75, 3.05) is 11.6 Å². The molecule has 1 N–H and O–H groups in total. The summed E-state index contributed by atoms with van der Waals surface area (Å²) in [6.07, 6.45) is 3.53. The van der Waals surface area contributed by atoms with Gasteiger partial charge in [0.05, 0.1) is 5.56 Å². The van der Waals surface area contributed by atoms with Crippen LogP contribution in [-0.2, 0) is 0 Å². The summed E-state index contributed by atoms with van der Waals surface area (Å²) < 4.78 is 4.87. The van der Waals surface area contributed by atoms with Gasteiger partial charge >= 0.3 is 0 Å². The van der Waals surface area contributed by atoms with Gasteiger partial charge in [0.25, 0.3) is 5.91 Å². The molecule has 0 aliphatic rings. The Kier molecular flexibility index (Phi) is 3.43. The molecule has 2 aromatic rings. The van der Waals surface area contributed by atoms with Gasteiger partial charge in [-0.3, -0.25) is 4.79 Å². The van der Waals surface area contributed by atoms with E-state index in [0.29, 0.717) is 22.2 Å². The van der Waals surface area contributed by atoms with Gasteiger partial charge in [-0.2, -0.15) is 0 Å². The van der Waals surface area contributed by atoms with E-state index < -0.39 is 0 Å². The van der Waals surface area contributed by atoms with Crippen LogP contribution in [0.5, 0.6) is 0 Å². The van der Waals surface area contributed by atoms with Gasteiger partial charge in [-0.25, -0.2) is 4.98 Å². The van der Waals surface area contributed by atoms with Crippen LogP contribution in [0, 0.1) is 6.92 Å². The lowest BCUT2D eigenvalue weighted by atomic mass is 10.2. The van der Waals surface area contributed by atoms with Crippen molar-refractivity contribution in [3.63, 3.8) is 0 Å². The number of carbonyl (C=O) groups is 1. The molecule has 0 unspecified atom stereocenters. The lowest BCUT2D eigenvalue weighted by Crippen LogP contribution is -2.13. The third-order valence-electron chi connectivity index (χ3n) is 2.08. The van der Waals surface area contributed by atoms with E-state index in [-0.39, 0.29) is 5.91 Å². The molecule has 6 heteroatoms. The van der Waals surface area contributed by atoms with Gasteiger partial charge in [0, 0.05) is 12.3 Å². The summed E-state index contributed by atoms with van der Waals surface area (Å²) in [5.41, 5.74) is 0.528. The van der Waals surface area contributed by atoms with Crippen LogP contribution in [0.3, 0.4) is 0 Å². The van der Waals surface area contributed by atoms with E-state index in [1.54, 1.807) is 31.3 Å². The number of aromatic nitrogens is 2. The number of aryl methyl sites for hydroxylation is 1. The number of pyridine rings is 1. The maximum Gasteiger partial charge on any atom is 0.259 e. The van der Waals surface area contributed by atoms with E-state index in [0.717, 1.165) is 0 Å².